The topological polar surface area (TPSA) is 75.6 Å². The Kier molecular flexibility index (Phi) is 7.60. The van der Waals surface area contributed by atoms with Crippen LogP contribution in [0, 0.1) is 0 Å². The van der Waals surface area contributed by atoms with Crippen LogP contribution in [-0.4, -0.2) is 17.0 Å². The van der Waals surface area contributed by atoms with Crippen LogP contribution < -0.4 is 10.1 Å². The van der Waals surface area contributed by atoms with E-state index in [1.54, 1.807) is 54.6 Å². The molecule has 0 heterocycles. The molecule has 0 atom stereocenters. The largest absolute Gasteiger partial charge is 0.489 e. The molecule has 0 aliphatic rings. The summed E-state index contributed by atoms with van der Waals surface area (Å²) < 4.78 is 5.83. The molecule has 0 aromatic heterocycles. The van der Waals surface area contributed by atoms with Crippen molar-refractivity contribution in [2.24, 2.45) is 0 Å². The molecule has 0 aliphatic carbocycles. The number of amides is 1. The summed E-state index contributed by atoms with van der Waals surface area (Å²) in [5.74, 6) is -1.03. The minimum absolute atomic E-state index is 0.205. The van der Waals surface area contributed by atoms with Crippen LogP contribution in [0.25, 0.3) is 11.6 Å². The summed E-state index contributed by atoms with van der Waals surface area (Å²) in [6.45, 7) is 4.52. The highest BCUT2D eigenvalue weighted by Gasteiger charge is 2.13. The second-order valence-electron chi connectivity index (χ2n) is 7.21. The fourth-order valence-corrected chi connectivity index (χ4v) is 2.96. The van der Waals surface area contributed by atoms with E-state index in [0.29, 0.717) is 23.5 Å². The molecule has 2 N–H and O–H groups in total. The van der Waals surface area contributed by atoms with Crippen LogP contribution in [0.5, 0.6) is 5.75 Å². The molecular weight excluding hydrogens is 402 g/mol. The average molecular weight is 428 g/mol. The zero-order valence-electron chi connectivity index (χ0n) is 18.0. The van der Waals surface area contributed by atoms with Crippen LogP contribution in [0.1, 0.15) is 40.9 Å². The van der Waals surface area contributed by atoms with Gasteiger partial charge in [0.2, 0.25) is 0 Å². The number of hydrogen-bond donors (Lipinski definition) is 2. The third-order valence-electron chi connectivity index (χ3n) is 4.95. The maximum atomic E-state index is 12.3. The first-order valence-electron chi connectivity index (χ1n) is 10.2. The third-order valence-corrected chi connectivity index (χ3v) is 4.95. The first kappa shape index (κ1) is 22.6. The fraction of sp³-hybridized carbons (Fsp3) is 0.111. The van der Waals surface area contributed by atoms with E-state index < -0.39 is 11.9 Å². The number of allylic oxidation sites excluding steroid dienone is 2. The monoisotopic (exact) mass is 427 g/mol. The summed E-state index contributed by atoms with van der Waals surface area (Å²) in [4.78, 5) is 23.8. The molecular formula is C27H25NO4. The SMILES string of the molecule is CC=C(C)c1ccc(COc2ccc(C=C(NC(=O)c3ccccc3)C(=O)O)cc2)cc1. The molecule has 32 heavy (non-hydrogen) atoms. The normalized spacial score (nSPS) is 11.7. The number of ether oxygens (including phenoxy) is 1. The van der Waals surface area contributed by atoms with Gasteiger partial charge < -0.3 is 15.2 Å². The lowest BCUT2D eigenvalue weighted by Gasteiger charge is -2.09. The number of carbonyl (C=O) groups is 2. The number of carbonyl (C=O) groups excluding carboxylic acids is 1. The summed E-state index contributed by atoms with van der Waals surface area (Å²) in [5, 5.41) is 11.9. The lowest BCUT2D eigenvalue weighted by atomic mass is 10.1. The van der Waals surface area contributed by atoms with E-state index in [0.717, 1.165) is 5.56 Å². The van der Waals surface area contributed by atoms with E-state index in [1.807, 2.05) is 19.1 Å². The molecule has 0 bridgehead atoms. The molecule has 162 valence electrons. The van der Waals surface area contributed by atoms with Crippen LogP contribution in [0.15, 0.2) is 90.6 Å². The molecule has 5 heteroatoms. The standard InChI is InChI=1S/C27H25NO4/c1-3-19(2)22-13-9-21(10-14-22)18-32-24-15-11-20(12-16-24)17-25(27(30)31)28-26(29)23-7-5-4-6-8-23/h3-17H,18H2,1-2H3,(H,28,29)(H,30,31). The highest BCUT2D eigenvalue weighted by molar-refractivity contribution is 6.02. The van der Waals surface area contributed by atoms with Crippen molar-refractivity contribution in [2.45, 2.75) is 20.5 Å². The minimum atomic E-state index is -1.22. The van der Waals surface area contributed by atoms with Gasteiger partial charge in [-0.3, -0.25) is 4.79 Å². The Bertz CT molecular complexity index is 1130. The van der Waals surface area contributed by atoms with Gasteiger partial charge in [-0.25, -0.2) is 4.79 Å². The number of aliphatic carboxylic acids is 1. The second-order valence-corrected chi connectivity index (χ2v) is 7.21. The highest BCUT2D eigenvalue weighted by atomic mass is 16.5. The van der Waals surface area contributed by atoms with Crippen molar-refractivity contribution in [3.63, 3.8) is 0 Å². The van der Waals surface area contributed by atoms with Crippen LogP contribution >= 0.6 is 0 Å². The van der Waals surface area contributed by atoms with Crippen LogP contribution in [0.2, 0.25) is 0 Å². The molecule has 1 amide bonds. The third kappa shape index (κ3) is 6.19. The molecule has 0 fully saturated rings. The number of hydrogen-bond acceptors (Lipinski definition) is 3. The predicted molar refractivity (Wildman–Crippen MR) is 126 cm³/mol. The van der Waals surface area contributed by atoms with Crippen molar-refractivity contribution >= 4 is 23.5 Å². The quantitative estimate of drug-likeness (QED) is 0.463. The molecule has 0 radical (unpaired) electrons. The smallest absolute Gasteiger partial charge is 0.352 e. The summed E-state index contributed by atoms with van der Waals surface area (Å²) >= 11 is 0. The zero-order chi connectivity index (χ0) is 22.9. The highest BCUT2D eigenvalue weighted by Crippen LogP contribution is 2.18. The molecule has 5 nitrogen and oxygen atoms in total. The van der Waals surface area contributed by atoms with Gasteiger partial charge >= 0.3 is 5.97 Å². The average Bonchev–Trinajstić information content (AvgIpc) is 2.83. The Morgan fingerprint density at radius 1 is 0.906 bits per heavy atom. The Labute approximate surface area is 187 Å². The van der Waals surface area contributed by atoms with Gasteiger partial charge in [0.25, 0.3) is 5.91 Å². The van der Waals surface area contributed by atoms with Crippen molar-refractivity contribution in [1.29, 1.82) is 0 Å². The van der Waals surface area contributed by atoms with Crippen molar-refractivity contribution in [3.8, 4) is 5.75 Å². The van der Waals surface area contributed by atoms with E-state index in [1.165, 1.54) is 17.2 Å². The second kappa shape index (κ2) is 10.8. The summed E-state index contributed by atoms with van der Waals surface area (Å²) in [7, 11) is 0. The van der Waals surface area contributed by atoms with Crippen LogP contribution in [0.4, 0.5) is 0 Å². The number of nitrogens with one attached hydrogen (secondary N) is 1. The van der Waals surface area contributed by atoms with E-state index >= 15 is 0 Å². The van der Waals surface area contributed by atoms with Crippen LogP contribution in [0.3, 0.4) is 0 Å². The van der Waals surface area contributed by atoms with Gasteiger partial charge in [0.05, 0.1) is 0 Å². The first-order chi connectivity index (χ1) is 15.5. The summed E-state index contributed by atoms with van der Waals surface area (Å²) in [6.07, 6.45) is 3.49. The van der Waals surface area contributed by atoms with Gasteiger partial charge in [-0.2, -0.15) is 0 Å². The zero-order valence-corrected chi connectivity index (χ0v) is 18.0. The van der Waals surface area contributed by atoms with Gasteiger partial charge in [-0.05, 0) is 66.5 Å². The molecule has 3 aromatic carbocycles. The van der Waals surface area contributed by atoms with Gasteiger partial charge in [0, 0.05) is 5.56 Å². The van der Waals surface area contributed by atoms with Crippen LogP contribution in [-0.2, 0) is 11.4 Å². The van der Waals surface area contributed by atoms with E-state index in [9.17, 15) is 14.7 Å². The maximum Gasteiger partial charge on any atom is 0.352 e. The summed E-state index contributed by atoms with van der Waals surface area (Å²) in [5.41, 5.74) is 4.27. The number of rotatable bonds is 8. The molecule has 0 aliphatic heterocycles. The Morgan fingerprint density at radius 3 is 2.16 bits per heavy atom. The fourth-order valence-electron chi connectivity index (χ4n) is 2.96. The lowest BCUT2D eigenvalue weighted by Crippen LogP contribution is -2.27. The Balaban J connectivity index is 1.63. The number of benzene rings is 3. The van der Waals surface area contributed by atoms with Crippen molar-refractivity contribution < 1.29 is 19.4 Å². The van der Waals surface area contributed by atoms with Gasteiger partial charge in [0.15, 0.2) is 0 Å². The molecule has 0 saturated heterocycles. The van der Waals surface area contributed by atoms with Gasteiger partial charge in [0.1, 0.15) is 18.1 Å². The number of carboxylic acid groups (broad SMARTS) is 1. The molecule has 3 aromatic rings. The molecule has 0 spiro atoms. The lowest BCUT2D eigenvalue weighted by molar-refractivity contribution is -0.132. The van der Waals surface area contributed by atoms with Gasteiger partial charge in [-0.1, -0.05) is 60.7 Å². The minimum Gasteiger partial charge on any atom is -0.489 e. The molecule has 0 unspecified atom stereocenters. The van der Waals surface area contributed by atoms with Gasteiger partial charge in [-0.15, -0.1) is 0 Å². The Morgan fingerprint density at radius 2 is 1.56 bits per heavy atom. The summed E-state index contributed by atoms with van der Waals surface area (Å²) in [6, 6.07) is 23.7. The maximum absolute atomic E-state index is 12.3. The van der Waals surface area contributed by atoms with E-state index in [-0.39, 0.29) is 5.70 Å². The predicted octanol–water partition coefficient (Wildman–Crippen LogP) is 5.54. The Hall–Kier alpha value is -4.12. The van der Waals surface area contributed by atoms with Crippen molar-refractivity contribution in [2.75, 3.05) is 0 Å². The van der Waals surface area contributed by atoms with E-state index in [2.05, 4.69) is 30.4 Å². The van der Waals surface area contributed by atoms with Crippen molar-refractivity contribution in [3.05, 3.63) is 113 Å². The van der Waals surface area contributed by atoms with E-state index in [4.69, 9.17) is 4.74 Å². The first-order valence-corrected chi connectivity index (χ1v) is 10.2. The van der Waals surface area contributed by atoms with Crippen molar-refractivity contribution in [1.82, 2.24) is 5.32 Å². The number of carboxylic acids is 1. The molecule has 0 saturated carbocycles. The molecule has 3 rings (SSSR count).